The number of rotatable bonds is 8. The molecule has 2 aromatic heterocycles. The van der Waals surface area contributed by atoms with Gasteiger partial charge in [-0.3, -0.25) is 0 Å². The van der Waals surface area contributed by atoms with Gasteiger partial charge in [-0.05, 0) is 55.8 Å². The van der Waals surface area contributed by atoms with Gasteiger partial charge in [0.05, 0.1) is 18.0 Å². The molecule has 5 aromatic rings. The van der Waals surface area contributed by atoms with Crippen molar-refractivity contribution in [3.05, 3.63) is 71.9 Å². The summed E-state index contributed by atoms with van der Waals surface area (Å²) in [6, 6.07) is 16.3. The van der Waals surface area contributed by atoms with Gasteiger partial charge in [0, 0.05) is 35.3 Å². The number of halogens is 3. The molecule has 0 saturated carbocycles. The Balaban J connectivity index is 1.65. The van der Waals surface area contributed by atoms with Crippen molar-refractivity contribution in [1.29, 1.82) is 0 Å². The van der Waals surface area contributed by atoms with Crippen molar-refractivity contribution in [3.63, 3.8) is 0 Å². The standard InChI is InChI=1S/C28H23F3N2O6/c1-15-25(26-22-10-7-18(36-3)13-24(22)39-32-26)21-9-8-20(38-28(29,30)31)12-23(21)33(15)14-17-5-4-6-19(11-17)37-16(2)27(34)35/h4-13,16H,14H2,1-3H3,(H,34,35)/t16-/m1/s1. The third-order valence-corrected chi connectivity index (χ3v) is 6.35. The van der Waals surface area contributed by atoms with Crippen molar-refractivity contribution in [2.24, 2.45) is 0 Å². The first kappa shape index (κ1) is 26.0. The van der Waals surface area contributed by atoms with Crippen LogP contribution in [-0.2, 0) is 11.3 Å². The maximum atomic E-state index is 13.0. The molecule has 0 radical (unpaired) electrons. The van der Waals surface area contributed by atoms with E-state index < -0.39 is 18.4 Å². The fraction of sp³-hybridized carbons (Fsp3) is 0.214. The third kappa shape index (κ3) is 5.20. The van der Waals surface area contributed by atoms with Crippen LogP contribution in [0.1, 0.15) is 18.2 Å². The number of ether oxygens (including phenoxy) is 3. The molecule has 1 N–H and O–H groups in total. The number of aliphatic carboxylic acids is 1. The van der Waals surface area contributed by atoms with Crippen molar-refractivity contribution in [2.45, 2.75) is 32.9 Å². The van der Waals surface area contributed by atoms with Gasteiger partial charge in [0.1, 0.15) is 22.9 Å². The van der Waals surface area contributed by atoms with E-state index in [1.165, 1.54) is 19.1 Å². The fourth-order valence-electron chi connectivity index (χ4n) is 4.54. The summed E-state index contributed by atoms with van der Waals surface area (Å²) in [5, 5.41) is 14.8. The fourth-order valence-corrected chi connectivity index (χ4v) is 4.54. The Bertz CT molecular complexity index is 1690. The summed E-state index contributed by atoms with van der Waals surface area (Å²) in [6.45, 7) is 3.52. The van der Waals surface area contributed by atoms with Crippen molar-refractivity contribution in [3.8, 4) is 28.5 Å². The van der Waals surface area contributed by atoms with E-state index in [-0.39, 0.29) is 12.3 Å². The molecule has 0 amide bonds. The largest absolute Gasteiger partial charge is 0.573 e. The molecule has 202 valence electrons. The number of alkyl halides is 3. The van der Waals surface area contributed by atoms with Crippen LogP contribution in [0.15, 0.2) is 65.2 Å². The lowest BCUT2D eigenvalue weighted by Gasteiger charge is -2.14. The number of carboxylic acid groups (broad SMARTS) is 1. The lowest BCUT2D eigenvalue weighted by Crippen LogP contribution is -2.22. The second-order valence-corrected chi connectivity index (χ2v) is 8.91. The number of aromatic nitrogens is 2. The maximum absolute atomic E-state index is 13.0. The van der Waals surface area contributed by atoms with Gasteiger partial charge in [-0.2, -0.15) is 0 Å². The molecule has 0 unspecified atom stereocenters. The van der Waals surface area contributed by atoms with E-state index in [0.29, 0.717) is 44.6 Å². The van der Waals surface area contributed by atoms with E-state index in [1.807, 2.05) is 23.6 Å². The second-order valence-electron chi connectivity index (χ2n) is 8.91. The zero-order valence-electron chi connectivity index (χ0n) is 21.1. The zero-order valence-corrected chi connectivity index (χ0v) is 21.1. The van der Waals surface area contributed by atoms with Gasteiger partial charge in [-0.15, -0.1) is 13.2 Å². The molecule has 0 saturated heterocycles. The van der Waals surface area contributed by atoms with Crippen LogP contribution in [0.2, 0.25) is 0 Å². The monoisotopic (exact) mass is 540 g/mol. The molecule has 3 aromatic carbocycles. The second kappa shape index (κ2) is 9.90. The molecule has 11 heteroatoms. The summed E-state index contributed by atoms with van der Waals surface area (Å²) in [5.41, 5.74) is 3.68. The average molecular weight is 540 g/mol. The molecule has 2 heterocycles. The maximum Gasteiger partial charge on any atom is 0.573 e. The molecule has 0 fully saturated rings. The molecule has 0 aliphatic rings. The van der Waals surface area contributed by atoms with Crippen LogP contribution in [0.5, 0.6) is 17.2 Å². The van der Waals surface area contributed by atoms with Crippen molar-refractivity contribution in [2.75, 3.05) is 7.11 Å². The van der Waals surface area contributed by atoms with Crippen LogP contribution in [0.25, 0.3) is 33.1 Å². The van der Waals surface area contributed by atoms with Crippen molar-refractivity contribution >= 4 is 27.8 Å². The highest BCUT2D eigenvalue weighted by molar-refractivity contribution is 6.04. The molecule has 5 rings (SSSR count). The van der Waals surface area contributed by atoms with Gasteiger partial charge < -0.3 is 28.4 Å². The molecule has 0 spiro atoms. The number of carboxylic acids is 1. The average Bonchev–Trinajstić information content (AvgIpc) is 3.40. The summed E-state index contributed by atoms with van der Waals surface area (Å²) < 4.78 is 61.4. The third-order valence-electron chi connectivity index (χ3n) is 6.35. The Morgan fingerprint density at radius 2 is 1.79 bits per heavy atom. The summed E-state index contributed by atoms with van der Waals surface area (Å²) in [7, 11) is 1.54. The van der Waals surface area contributed by atoms with Gasteiger partial charge >= 0.3 is 12.3 Å². The molecule has 0 aliphatic heterocycles. The van der Waals surface area contributed by atoms with Gasteiger partial charge in [0.2, 0.25) is 0 Å². The minimum atomic E-state index is -4.85. The van der Waals surface area contributed by atoms with E-state index in [4.69, 9.17) is 19.1 Å². The Morgan fingerprint density at radius 3 is 2.51 bits per heavy atom. The number of fused-ring (bicyclic) bond motifs is 2. The highest BCUT2D eigenvalue weighted by atomic mass is 19.4. The molecule has 39 heavy (non-hydrogen) atoms. The minimum Gasteiger partial charge on any atom is -0.497 e. The predicted molar refractivity (Wildman–Crippen MR) is 136 cm³/mol. The van der Waals surface area contributed by atoms with Crippen LogP contribution in [0, 0.1) is 6.92 Å². The highest BCUT2D eigenvalue weighted by Gasteiger charge is 2.31. The van der Waals surface area contributed by atoms with Crippen LogP contribution < -0.4 is 14.2 Å². The number of hydrogen-bond acceptors (Lipinski definition) is 6. The Kier molecular flexibility index (Phi) is 6.59. The van der Waals surface area contributed by atoms with Crippen molar-refractivity contribution < 1.29 is 41.8 Å². The topological polar surface area (TPSA) is 96.0 Å². The number of hydrogen-bond donors (Lipinski definition) is 1. The SMILES string of the molecule is COc1ccc2c(-c3c(C)n(Cc4cccc(O[C@H](C)C(=O)O)c4)c4cc(OC(F)(F)F)ccc34)noc2c1. The van der Waals surface area contributed by atoms with Crippen LogP contribution in [0.4, 0.5) is 13.2 Å². The van der Waals surface area contributed by atoms with Gasteiger partial charge in [-0.25, -0.2) is 4.79 Å². The molecular weight excluding hydrogens is 517 g/mol. The lowest BCUT2D eigenvalue weighted by atomic mass is 10.0. The van der Waals surface area contributed by atoms with Crippen LogP contribution in [-0.4, -0.2) is 40.4 Å². The molecule has 0 bridgehead atoms. The summed E-state index contributed by atoms with van der Waals surface area (Å²) in [5.74, 6) is -0.513. The quantitative estimate of drug-likeness (QED) is 0.238. The first-order valence-electron chi connectivity index (χ1n) is 11.8. The number of methoxy groups -OCH3 is 1. The van der Waals surface area contributed by atoms with E-state index in [1.54, 1.807) is 43.5 Å². The summed E-state index contributed by atoms with van der Waals surface area (Å²) in [4.78, 5) is 11.2. The first-order chi connectivity index (χ1) is 18.5. The van der Waals surface area contributed by atoms with E-state index in [2.05, 4.69) is 9.89 Å². The molecular formula is C28H23F3N2O6. The highest BCUT2D eigenvalue weighted by Crippen LogP contribution is 2.40. The number of benzene rings is 3. The normalized spacial score (nSPS) is 12.6. The summed E-state index contributed by atoms with van der Waals surface area (Å²) >= 11 is 0. The van der Waals surface area contributed by atoms with Gasteiger partial charge in [0.15, 0.2) is 11.7 Å². The summed E-state index contributed by atoms with van der Waals surface area (Å²) in [6.07, 6.45) is -5.90. The van der Waals surface area contributed by atoms with Crippen molar-refractivity contribution in [1.82, 2.24) is 9.72 Å². The Labute approximate surface area is 220 Å². The van der Waals surface area contributed by atoms with Crippen LogP contribution in [0.3, 0.4) is 0 Å². The molecule has 8 nitrogen and oxygen atoms in total. The molecule has 1 atom stereocenters. The van der Waals surface area contributed by atoms with Gasteiger partial charge in [0.25, 0.3) is 0 Å². The van der Waals surface area contributed by atoms with Gasteiger partial charge in [-0.1, -0.05) is 17.3 Å². The Morgan fingerprint density at radius 1 is 1.05 bits per heavy atom. The van der Waals surface area contributed by atoms with Crippen LogP contribution >= 0.6 is 0 Å². The van der Waals surface area contributed by atoms with E-state index >= 15 is 0 Å². The van der Waals surface area contributed by atoms with E-state index in [0.717, 1.165) is 11.3 Å². The lowest BCUT2D eigenvalue weighted by molar-refractivity contribution is -0.274. The minimum absolute atomic E-state index is 0.250. The molecule has 0 aliphatic carbocycles. The smallest absolute Gasteiger partial charge is 0.497 e. The Hall–Kier alpha value is -4.67. The zero-order chi connectivity index (χ0) is 27.9. The van der Waals surface area contributed by atoms with E-state index in [9.17, 15) is 18.0 Å². The first-order valence-corrected chi connectivity index (χ1v) is 11.8. The number of nitrogens with zero attached hydrogens (tertiary/aromatic N) is 2. The predicted octanol–water partition coefficient (Wildman–Crippen LogP) is 6.57. The number of carbonyl (C=O) groups is 1.